The van der Waals surface area contributed by atoms with E-state index in [4.69, 9.17) is 9.84 Å². The molecule has 1 aliphatic carbocycles. The lowest BCUT2D eigenvalue weighted by Crippen LogP contribution is -2.44. The van der Waals surface area contributed by atoms with Crippen molar-refractivity contribution < 1.29 is 24.2 Å². The van der Waals surface area contributed by atoms with Crippen molar-refractivity contribution in [1.82, 2.24) is 10.2 Å². The summed E-state index contributed by atoms with van der Waals surface area (Å²) < 4.78 is 5.53. The second-order valence-corrected chi connectivity index (χ2v) is 7.80. The number of carbonyl (C=O) groups is 3. The summed E-state index contributed by atoms with van der Waals surface area (Å²) in [6.07, 6.45) is -0.0597. The lowest BCUT2D eigenvalue weighted by Gasteiger charge is -2.24. The molecule has 1 aliphatic rings. The molecule has 7 nitrogen and oxygen atoms in total. The normalized spacial score (nSPS) is 14.2. The Morgan fingerprint density at radius 1 is 1.06 bits per heavy atom. The predicted octanol–water partition coefficient (Wildman–Crippen LogP) is 3.63. The van der Waals surface area contributed by atoms with Crippen LogP contribution >= 0.6 is 0 Å². The zero-order valence-corrected chi connectivity index (χ0v) is 18.0. The van der Waals surface area contributed by atoms with Gasteiger partial charge in [0, 0.05) is 25.4 Å². The van der Waals surface area contributed by atoms with Gasteiger partial charge in [-0.2, -0.15) is 0 Å². The highest BCUT2D eigenvalue weighted by Gasteiger charge is 2.29. The smallest absolute Gasteiger partial charge is 0.407 e. The van der Waals surface area contributed by atoms with Gasteiger partial charge < -0.3 is 20.1 Å². The van der Waals surface area contributed by atoms with Gasteiger partial charge in [0.15, 0.2) is 0 Å². The molecule has 2 unspecified atom stereocenters. The molecule has 0 fully saturated rings. The molecule has 0 spiro atoms. The number of amides is 2. The summed E-state index contributed by atoms with van der Waals surface area (Å²) in [4.78, 5) is 37.0. The van der Waals surface area contributed by atoms with Crippen LogP contribution in [0, 0.1) is 0 Å². The monoisotopic (exact) mass is 424 g/mol. The summed E-state index contributed by atoms with van der Waals surface area (Å²) in [5, 5.41) is 11.8. The maximum Gasteiger partial charge on any atom is 0.407 e. The second kappa shape index (κ2) is 9.64. The molecule has 164 valence electrons. The van der Waals surface area contributed by atoms with Gasteiger partial charge in [0.25, 0.3) is 0 Å². The molecular weight excluding hydrogens is 396 g/mol. The van der Waals surface area contributed by atoms with E-state index in [0.29, 0.717) is 6.42 Å². The lowest BCUT2D eigenvalue weighted by molar-refractivity contribution is -0.148. The number of benzene rings is 2. The van der Waals surface area contributed by atoms with Gasteiger partial charge in [-0.3, -0.25) is 4.79 Å². The van der Waals surface area contributed by atoms with E-state index in [1.807, 2.05) is 43.3 Å². The molecule has 0 heterocycles. The third-order valence-corrected chi connectivity index (χ3v) is 5.91. The number of likely N-dealkylation sites (N-methyl/N-ethyl adjacent to an activating group) is 1. The fraction of sp³-hybridized carbons (Fsp3) is 0.375. The van der Waals surface area contributed by atoms with Gasteiger partial charge in [0.2, 0.25) is 5.91 Å². The van der Waals surface area contributed by atoms with E-state index in [1.54, 1.807) is 0 Å². The van der Waals surface area contributed by atoms with E-state index in [-0.39, 0.29) is 24.9 Å². The fourth-order valence-electron chi connectivity index (χ4n) is 3.84. The van der Waals surface area contributed by atoms with Crippen molar-refractivity contribution in [2.45, 2.75) is 44.7 Å². The first-order chi connectivity index (χ1) is 14.8. The summed E-state index contributed by atoms with van der Waals surface area (Å²) in [6, 6.07) is 14.8. The van der Waals surface area contributed by atoms with Crippen LogP contribution in [-0.2, 0) is 14.3 Å². The summed E-state index contributed by atoms with van der Waals surface area (Å²) >= 11 is 0. The highest BCUT2D eigenvalue weighted by molar-refractivity contribution is 5.84. The van der Waals surface area contributed by atoms with Crippen molar-refractivity contribution in [1.29, 1.82) is 0 Å². The maximum absolute atomic E-state index is 12.4. The van der Waals surface area contributed by atoms with Crippen LogP contribution in [-0.4, -0.2) is 53.7 Å². The molecule has 0 aromatic heterocycles. The minimum atomic E-state index is -1.08. The quantitative estimate of drug-likeness (QED) is 0.675. The third-order valence-electron chi connectivity index (χ3n) is 5.91. The molecule has 2 N–H and O–H groups in total. The van der Waals surface area contributed by atoms with Gasteiger partial charge in [-0.15, -0.1) is 0 Å². The van der Waals surface area contributed by atoms with Crippen molar-refractivity contribution in [3.05, 3.63) is 59.7 Å². The largest absolute Gasteiger partial charge is 0.480 e. The van der Waals surface area contributed by atoms with Crippen molar-refractivity contribution in [3.8, 4) is 11.1 Å². The Bertz CT molecular complexity index is 928. The van der Waals surface area contributed by atoms with E-state index in [1.165, 1.54) is 18.9 Å². The molecule has 0 aliphatic heterocycles. The van der Waals surface area contributed by atoms with E-state index in [9.17, 15) is 14.4 Å². The Morgan fingerprint density at radius 2 is 1.61 bits per heavy atom. The first-order valence-corrected chi connectivity index (χ1v) is 10.4. The van der Waals surface area contributed by atoms with Crippen LogP contribution in [0.15, 0.2) is 48.5 Å². The Hall–Kier alpha value is -3.35. The number of ether oxygens (including phenoxy) is 1. The molecule has 0 bridgehead atoms. The number of carboxylic acids is 1. The summed E-state index contributed by atoms with van der Waals surface area (Å²) in [5.74, 6) is -1.46. The number of carboxylic acid groups (broad SMARTS) is 1. The first kappa shape index (κ1) is 22.3. The van der Waals surface area contributed by atoms with Gasteiger partial charge in [-0.25, -0.2) is 9.59 Å². The van der Waals surface area contributed by atoms with Gasteiger partial charge >= 0.3 is 12.1 Å². The van der Waals surface area contributed by atoms with E-state index >= 15 is 0 Å². The fourth-order valence-corrected chi connectivity index (χ4v) is 3.84. The molecule has 31 heavy (non-hydrogen) atoms. The number of alkyl carbamates (subject to hydrolysis) is 1. The van der Waals surface area contributed by atoms with Crippen molar-refractivity contribution in [2.24, 2.45) is 0 Å². The average Bonchev–Trinajstić information content (AvgIpc) is 3.09. The number of carbonyl (C=O) groups excluding carboxylic acids is 2. The van der Waals surface area contributed by atoms with Crippen molar-refractivity contribution >= 4 is 18.0 Å². The number of rotatable bonds is 8. The van der Waals surface area contributed by atoms with Crippen molar-refractivity contribution in [3.63, 3.8) is 0 Å². The molecule has 2 atom stereocenters. The van der Waals surface area contributed by atoms with Gasteiger partial charge in [0.05, 0.1) is 0 Å². The van der Waals surface area contributed by atoms with Gasteiger partial charge in [0.1, 0.15) is 12.6 Å². The Kier molecular flexibility index (Phi) is 6.95. The summed E-state index contributed by atoms with van der Waals surface area (Å²) in [7, 11) is 1.45. The topological polar surface area (TPSA) is 95.9 Å². The van der Waals surface area contributed by atoms with Crippen molar-refractivity contribution in [2.75, 3.05) is 13.7 Å². The lowest BCUT2D eigenvalue weighted by atomic mass is 9.98. The Morgan fingerprint density at radius 3 is 2.13 bits per heavy atom. The maximum atomic E-state index is 12.4. The van der Waals surface area contributed by atoms with Gasteiger partial charge in [-0.1, -0.05) is 55.5 Å². The number of nitrogens with zero attached hydrogens (tertiary/aromatic N) is 1. The molecule has 2 aromatic carbocycles. The molecule has 2 amide bonds. The standard InChI is InChI=1S/C24H28N2O5/c1-4-16(13-22(27)26(3)15(2)23(28)29)25-24(30)31-14-21-19-11-7-5-9-17(19)18-10-6-8-12-20(18)21/h5-12,15-16,21H,4,13-14H2,1-3H3,(H,25,30)(H,28,29). The molecule has 0 saturated heterocycles. The van der Waals surface area contributed by atoms with Crippen LogP contribution in [0.5, 0.6) is 0 Å². The zero-order valence-electron chi connectivity index (χ0n) is 18.0. The Labute approximate surface area is 182 Å². The zero-order chi connectivity index (χ0) is 22.5. The van der Waals surface area contributed by atoms with E-state index < -0.39 is 24.1 Å². The number of hydrogen-bond donors (Lipinski definition) is 2. The molecule has 7 heteroatoms. The predicted molar refractivity (Wildman–Crippen MR) is 117 cm³/mol. The van der Waals surface area contributed by atoms with Crippen LogP contribution in [0.4, 0.5) is 4.79 Å². The number of nitrogens with one attached hydrogen (secondary N) is 1. The molecule has 0 radical (unpaired) electrons. The van der Waals surface area contributed by atoms with Gasteiger partial charge in [-0.05, 0) is 35.6 Å². The van der Waals surface area contributed by atoms with Crippen LogP contribution < -0.4 is 5.32 Å². The first-order valence-electron chi connectivity index (χ1n) is 10.4. The second-order valence-electron chi connectivity index (χ2n) is 7.80. The minimum Gasteiger partial charge on any atom is -0.480 e. The molecular formula is C24H28N2O5. The number of aliphatic carboxylic acids is 1. The highest BCUT2D eigenvalue weighted by Crippen LogP contribution is 2.44. The SMILES string of the molecule is CCC(CC(=O)N(C)C(C)C(=O)O)NC(=O)OCC1c2ccccc2-c2ccccc21. The molecule has 0 saturated carbocycles. The van der Waals surface area contributed by atoms with Crippen LogP contribution in [0.3, 0.4) is 0 Å². The van der Waals surface area contributed by atoms with Crippen LogP contribution in [0.2, 0.25) is 0 Å². The van der Waals surface area contributed by atoms with Crippen LogP contribution in [0.1, 0.15) is 43.7 Å². The summed E-state index contributed by atoms with van der Waals surface area (Å²) in [5.41, 5.74) is 4.56. The van der Waals surface area contributed by atoms with Crippen LogP contribution in [0.25, 0.3) is 11.1 Å². The Balaban J connectivity index is 1.59. The molecule has 2 aromatic rings. The third kappa shape index (κ3) is 4.87. The number of hydrogen-bond acceptors (Lipinski definition) is 4. The van der Waals surface area contributed by atoms with E-state index in [0.717, 1.165) is 22.3 Å². The van der Waals surface area contributed by atoms with E-state index in [2.05, 4.69) is 17.4 Å². The summed E-state index contributed by atoms with van der Waals surface area (Å²) in [6.45, 7) is 3.49. The highest BCUT2D eigenvalue weighted by atomic mass is 16.5. The average molecular weight is 424 g/mol. The number of fused-ring (bicyclic) bond motifs is 3. The molecule has 3 rings (SSSR count). The minimum absolute atomic E-state index is 0.00875.